The third-order valence-corrected chi connectivity index (χ3v) is 5.20. The van der Waals surface area contributed by atoms with Gasteiger partial charge in [0.1, 0.15) is 5.82 Å². The first kappa shape index (κ1) is 21.0. The number of halogens is 2. The maximum Gasteiger partial charge on any atom is 0.336 e. The van der Waals surface area contributed by atoms with Crippen molar-refractivity contribution in [1.29, 1.82) is 0 Å². The van der Waals surface area contributed by atoms with Gasteiger partial charge in [-0.3, -0.25) is 9.69 Å². The average Bonchev–Trinajstić information content (AvgIpc) is 2.68. The minimum absolute atomic E-state index is 0.00510. The van der Waals surface area contributed by atoms with E-state index in [2.05, 4.69) is 4.90 Å². The highest BCUT2D eigenvalue weighted by Gasteiger charge is 2.26. The number of nitrogens with zero attached hydrogens (tertiary/aromatic N) is 2. The van der Waals surface area contributed by atoms with Crippen LogP contribution in [-0.4, -0.2) is 52.5 Å². The first-order valence-corrected chi connectivity index (χ1v) is 9.69. The maximum atomic E-state index is 13.0. The van der Waals surface area contributed by atoms with E-state index in [9.17, 15) is 19.1 Å². The fraction of sp³-hybridized carbons (Fsp3) is 0.273. The predicted octanol–water partition coefficient (Wildman–Crippen LogP) is 3.92. The molecule has 0 saturated carbocycles. The molecular weight excluding hydrogens is 395 g/mol. The first-order chi connectivity index (χ1) is 13.8. The molecule has 152 valence electrons. The summed E-state index contributed by atoms with van der Waals surface area (Å²) < 4.78 is 13.0. The Morgan fingerprint density at radius 1 is 1.21 bits per heavy atom. The molecule has 5 nitrogen and oxygen atoms in total. The molecule has 0 aromatic heterocycles. The Bertz CT molecular complexity index is 930. The number of carboxylic acids is 1. The van der Waals surface area contributed by atoms with Gasteiger partial charge in [0, 0.05) is 43.3 Å². The van der Waals surface area contributed by atoms with Crippen molar-refractivity contribution in [3.8, 4) is 0 Å². The van der Waals surface area contributed by atoms with E-state index in [1.807, 2.05) is 6.92 Å². The minimum atomic E-state index is -1.10. The van der Waals surface area contributed by atoms with E-state index in [-0.39, 0.29) is 23.3 Å². The Labute approximate surface area is 174 Å². The number of carbonyl (C=O) groups excluding carboxylic acids is 1. The lowest BCUT2D eigenvalue weighted by Crippen LogP contribution is -2.53. The smallest absolute Gasteiger partial charge is 0.336 e. The van der Waals surface area contributed by atoms with Crippen molar-refractivity contribution in [3.63, 3.8) is 0 Å². The third kappa shape index (κ3) is 5.43. The number of amides is 1. The number of benzene rings is 2. The van der Waals surface area contributed by atoms with Crippen molar-refractivity contribution >= 4 is 29.6 Å². The van der Waals surface area contributed by atoms with Crippen LogP contribution in [0.25, 0.3) is 6.08 Å². The lowest BCUT2D eigenvalue weighted by atomic mass is 10.1. The molecule has 0 aliphatic carbocycles. The molecule has 2 aromatic carbocycles. The first-order valence-electron chi connectivity index (χ1n) is 9.32. The third-order valence-electron chi connectivity index (χ3n) is 4.97. The normalized spacial score (nSPS) is 17.6. The van der Waals surface area contributed by atoms with Crippen LogP contribution in [0.3, 0.4) is 0 Å². The van der Waals surface area contributed by atoms with Crippen LogP contribution in [0.2, 0.25) is 5.02 Å². The van der Waals surface area contributed by atoms with Gasteiger partial charge in [0.15, 0.2) is 0 Å². The molecular formula is C22H22ClFN2O3. The number of hydrogen-bond donors (Lipinski definition) is 1. The summed E-state index contributed by atoms with van der Waals surface area (Å²) in [6.07, 6.45) is 2.92. The molecule has 1 fully saturated rings. The topological polar surface area (TPSA) is 60.9 Å². The highest BCUT2D eigenvalue weighted by molar-refractivity contribution is 6.31. The number of carbonyl (C=O) groups is 2. The van der Waals surface area contributed by atoms with Gasteiger partial charge in [-0.25, -0.2) is 9.18 Å². The Morgan fingerprint density at radius 2 is 1.93 bits per heavy atom. The zero-order valence-corrected chi connectivity index (χ0v) is 16.8. The van der Waals surface area contributed by atoms with Gasteiger partial charge in [0.2, 0.25) is 5.91 Å². The van der Waals surface area contributed by atoms with Crippen LogP contribution in [0.5, 0.6) is 0 Å². The molecule has 3 rings (SSSR count). The predicted molar refractivity (Wildman–Crippen MR) is 110 cm³/mol. The van der Waals surface area contributed by atoms with Gasteiger partial charge in [-0.05, 0) is 48.4 Å². The summed E-state index contributed by atoms with van der Waals surface area (Å²) in [6, 6.07) is 11.0. The highest BCUT2D eigenvalue weighted by Crippen LogP contribution is 2.19. The second-order valence-corrected chi connectivity index (χ2v) is 7.55. The fourth-order valence-corrected chi connectivity index (χ4v) is 3.64. The van der Waals surface area contributed by atoms with Crippen molar-refractivity contribution in [2.45, 2.75) is 19.5 Å². The van der Waals surface area contributed by atoms with Gasteiger partial charge in [-0.2, -0.15) is 0 Å². The zero-order chi connectivity index (χ0) is 21.0. The molecule has 0 radical (unpaired) electrons. The molecule has 1 heterocycles. The number of aromatic carboxylic acids is 1. The average molecular weight is 417 g/mol. The molecule has 29 heavy (non-hydrogen) atoms. The molecule has 1 amide bonds. The minimum Gasteiger partial charge on any atom is -0.478 e. The fourth-order valence-electron chi connectivity index (χ4n) is 3.47. The van der Waals surface area contributed by atoms with E-state index in [1.165, 1.54) is 30.4 Å². The van der Waals surface area contributed by atoms with Gasteiger partial charge >= 0.3 is 5.97 Å². The maximum absolute atomic E-state index is 13.0. The van der Waals surface area contributed by atoms with E-state index in [4.69, 9.17) is 11.6 Å². The summed E-state index contributed by atoms with van der Waals surface area (Å²) >= 11 is 5.86. The van der Waals surface area contributed by atoms with Crippen LogP contribution >= 0.6 is 11.6 Å². The second kappa shape index (κ2) is 9.20. The molecule has 0 bridgehead atoms. The highest BCUT2D eigenvalue weighted by atomic mass is 35.5. The second-order valence-electron chi connectivity index (χ2n) is 7.11. The zero-order valence-electron chi connectivity index (χ0n) is 16.0. The van der Waals surface area contributed by atoms with Crippen LogP contribution in [0.15, 0.2) is 48.5 Å². The monoisotopic (exact) mass is 416 g/mol. The van der Waals surface area contributed by atoms with Gasteiger partial charge in [-0.1, -0.05) is 29.8 Å². The van der Waals surface area contributed by atoms with Crippen molar-refractivity contribution in [1.82, 2.24) is 9.80 Å². The molecule has 1 aliphatic rings. The summed E-state index contributed by atoms with van der Waals surface area (Å²) in [7, 11) is 0. The molecule has 1 aliphatic heterocycles. The van der Waals surface area contributed by atoms with Crippen LogP contribution in [0, 0.1) is 5.82 Å². The lowest BCUT2D eigenvalue weighted by molar-refractivity contribution is -0.130. The molecule has 1 unspecified atom stereocenters. The van der Waals surface area contributed by atoms with Crippen LogP contribution < -0.4 is 0 Å². The largest absolute Gasteiger partial charge is 0.478 e. The number of hydrogen-bond acceptors (Lipinski definition) is 3. The number of rotatable bonds is 5. The Hall–Kier alpha value is -2.70. The van der Waals surface area contributed by atoms with Crippen LogP contribution in [0.4, 0.5) is 4.39 Å². The van der Waals surface area contributed by atoms with E-state index >= 15 is 0 Å². The van der Waals surface area contributed by atoms with Crippen molar-refractivity contribution in [2.75, 3.05) is 19.6 Å². The van der Waals surface area contributed by atoms with Crippen LogP contribution in [0.1, 0.15) is 28.4 Å². The molecule has 2 aromatic rings. The van der Waals surface area contributed by atoms with Crippen molar-refractivity contribution in [3.05, 3.63) is 76.1 Å². The Kier molecular flexibility index (Phi) is 6.67. The van der Waals surface area contributed by atoms with E-state index < -0.39 is 5.97 Å². The van der Waals surface area contributed by atoms with Crippen LogP contribution in [-0.2, 0) is 11.3 Å². The van der Waals surface area contributed by atoms with E-state index in [1.54, 1.807) is 29.2 Å². The summed E-state index contributed by atoms with van der Waals surface area (Å²) in [4.78, 5) is 28.0. The number of carboxylic acid groups (broad SMARTS) is 1. The lowest BCUT2D eigenvalue weighted by Gasteiger charge is -2.39. The Morgan fingerprint density at radius 3 is 2.59 bits per heavy atom. The summed E-state index contributed by atoms with van der Waals surface area (Å²) in [5.41, 5.74) is 1.51. The standard InChI is InChI=1S/C22H22ClFN2O3/c1-15-13-25(14-16-2-7-19(24)8-3-16)10-11-26(15)21(27)9-5-17-4-6-18(23)12-20(17)22(28)29/h2-9,12,15H,10-11,13-14H2,1H3,(H,28,29). The van der Waals surface area contributed by atoms with Gasteiger partial charge < -0.3 is 10.0 Å². The summed E-state index contributed by atoms with van der Waals surface area (Å²) in [5.74, 6) is -1.51. The van der Waals surface area contributed by atoms with Gasteiger partial charge in [0.25, 0.3) is 0 Å². The van der Waals surface area contributed by atoms with Gasteiger partial charge in [-0.15, -0.1) is 0 Å². The van der Waals surface area contributed by atoms with Gasteiger partial charge in [0.05, 0.1) is 5.56 Å². The molecule has 1 N–H and O–H groups in total. The molecule has 1 saturated heterocycles. The molecule has 7 heteroatoms. The van der Waals surface area contributed by atoms with Crippen molar-refractivity contribution in [2.24, 2.45) is 0 Å². The molecule has 0 spiro atoms. The van der Waals surface area contributed by atoms with Crippen molar-refractivity contribution < 1.29 is 19.1 Å². The van der Waals surface area contributed by atoms with E-state index in [0.29, 0.717) is 36.8 Å². The molecule has 1 atom stereocenters. The van der Waals surface area contributed by atoms with E-state index in [0.717, 1.165) is 5.56 Å². The number of piperazine rings is 1. The summed E-state index contributed by atoms with van der Waals surface area (Å²) in [5, 5.41) is 9.63. The summed E-state index contributed by atoms with van der Waals surface area (Å²) in [6.45, 7) is 4.67. The SMILES string of the molecule is CC1CN(Cc2ccc(F)cc2)CCN1C(=O)C=Cc1ccc(Cl)cc1C(=O)O. The quantitative estimate of drug-likeness (QED) is 0.750. The Balaban J connectivity index is 1.62.